The average Bonchev–Trinajstić information content (AvgIpc) is 4.08. The third-order valence-electron chi connectivity index (χ3n) is 14.8. The molecule has 69 heavy (non-hydrogen) atoms. The van der Waals surface area contributed by atoms with Crippen LogP contribution in [0.1, 0.15) is 100.0 Å². The summed E-state index contributed by atoms with van der Waals surface area (Å²) in [5, 5.41) is 12.2. The van der Waals surface area contributed by atoms with Crippen LogP contribution in [0.5, 0.6) is 0 Å². The Labute approximate surface area is 407 Å². The van der Waals surface area contributed by atoms with E-state index in [1.165, 1.54) is 7.11 Å². The maximum atomic E-state index is 15.1. The number of aliphatic hydroxyl groups excluding tert-OH is 1. The molecule has 380 valence electrons. The smallest absolute Gasteiger partial charge is 0.410 e. The standard InChI is InChI=1S/C52H75N5O12/c1-13-22-55(11)39-26-33(4)67-52(10,46(39)60)68-47-35(6)44(66-42(58)27-37-19-17-21-53-29-37)36(7)48(61)65-41(14-2)51(9)45(34(5)43(59)32(3)28-50(47,8)63-12)57(49(62)69-51)24-16-15-23-56-30-38(54-31-56)40-20-18-25-64-40/h13,17-21,25,29-36,39,41,44-47,60H,1,14-16,22-24,26-28H2,2-12H3/t32-,33-,34+,35+,36-,39+,41-,44?,45-,46-,47-,50-,51-,52+/m1/s1. The summed E-state index contributed by atoms with van der Waals surface area (Å²) in [6.07, 6.45) is 6.70. The zero-order chi connectivity index (χ0) is 50.4. The predicted molar refractivity (Wildman–Crippen MR) is 255 cm³/mol. The fraction of sp³-hybridized carbons (Fsp3) is 0.654. The van der Waals surface area contributed by atoms with Crippen LogP contribution in [0, 0.1) is 23.7 Å². The number of unbranched alkanes of at least 4 members (excludes halogenated alkanes) is 1. The van der Waals surface area contributed by atoms with Gasteiger partial charge in [0.05, 0.1) is 48.8 Å². The second-order valence-electron chi connectivity index (χ2n) is 20.1. The highest BCUT2D eigenvalue weighted by atomic mass is 16.7. The minimum absolute atomic E-state index is 0.0960. The van der Waals surface area contributed by atoms with Gasteiger partial charge in [0.15, 0.2) is 17.1 Å². The van der Waals surface area contributed by atoms with Crippen molar-refractivity contribution in [3.63, 3.8) is 0 Å². The number of esters is 2. The third-order valence-corrected chi connectivity index (χ3v) is 14.8. The lowest BCUT2D eigenvalue weighted by molar-refractivity contribution is -0.358. The van der Waals surface area contributed by atoms with Gasteiger partial charge < -0.3 is 47.4 Å². The largest absolute Gasteiger partial charge is 0.463 e. The highest BCUT2D eigenvalue weighted by molar-refractivity contribution is 5.85. The highest BCUT2D eigenvalue weighted by Gasteiger charge is 2.61. The maximum absolute atomic E-state index is 15.1. The summed E-state index contributed by atoms with van der Waals surface area (Å²) < 4.78 is 46.7. The quantitative estimate of drug-likeness (QED) is 0.0664. The van der Waals surface area contributed by atoms with Crippen LogP contribution in [0.15, 0.2) is 72.5 Å². The van der Waals surface area contributed by atoms with Crippen LogP contribution in [0.25, 0.3) is 11.5 Å². The molecule has 3 aromatic heterocycles. The molecule has 1 unspecified atom stereocenters. The summed E-state index contributed by atoms with van der Waals surface area (Å²) >= 11 is 0. The van der Waals surface area contributed by atoms with Crippen molar-refractivity contribution < 1.29 is 57.1 Å². The number of carbonyl (C=O) groups excluding carboxylic acids is 4. The van der Waals surface area contributed by atoms with Crippen molar-refractivity contribution in [2.45, 2.75) is 167 Å². The van der Waals surface area contributed by atoms with Gasteiger partial charge in [-0.15, -0.1) is 6.58 Å². The molecule has 17 nitrogen and oxygen atoms in total. The number of aromatic nitrogens is 3. The lowest BCUT2D eigenvalue weighted by Crippen LogP contribution is -2.65. The second kappa shape index (κ2) is 22.4. The van der Waals surface area contributed by atoms with Crippen LogP contribution in [-0.4, -0.2) is 140 Å². The monoisotopic (exact) mass is 962 g/mol. The van der Waals surface area contributed by atoms with Crippen LogP contribution >= 0.6 is 0 Å². The second-order valence-corrected chi connectivity index (χ2v) is 20.1. The number of aliphatic hydroxyl groups is 1. The first kappa shape index (κ1) is 53.4. The minimum Gasteiger partial charge on any atom is -0.463 e. The summed E-state index contributed by atoms with van der Waals surface area (Å²) in [6.45, 7) is 21.3. The highest BCUT2D eigenvalue weighted by Crippen LogP contribution is 2.45. The van der Waals surface area contributed by atoms with Crippen molar-refractivity contribution >= 4 is 23.8 Å². The lowest BCUT2D eigenvalue weighted by Gasteiger charge is -2.52. The molecule has 14 atom stereocenters. The van der Waals surface area contributed by atoms with Crippen LogP contribution < -0.4 is 0 Å². The number of pyridine rings is 1. The van der Waals surface area contributed by atoms with Crippen molar-refractivity contribution in [3.05, 3.63) is 73.7 Å². The van der Waals surface area contributed by atoms with Gasteiger partial charge >= 0.3 is 18.0 Å². The maximum Gasteiger partial charge on any atom is 0.410 e. The molecule has 0 saturated carbocycles. The van der Waals surface area contributed by atoms with Crippen molar-refractivity contribution in [2.75, 3.05) is 27.2 Å². The van der Waals surface area contributed by atoms with E-state index >= 15 is 4.79 Å². The van der Waals surface area contributed by atoms with Crippen LogP contribution in [0.2, 0.25) is 0 Å². The number of cyclic esters (lactones) is 1. The van der Waals surface area contributed by atoms with Gasteiger partial charge in [0, 0.05) is 69.1 Å². The van der Waals surface area contributed by atoms with Crippen molar-refractivity contribution in [1.82, 2.24) is 24.3 Å². The number of likely N-dealkylation sites (N-methyl/N-ethyl adjacent to an activating group) is 1. The molecule has 0 bridgehead atoms. The Bertz CT molecular complexity index is 2200. The number of aryl methyl sites for hydroxylation is 1. The molecule has 0 radical (unpaired) electrons. The number of amides is 1. The number of ether oxygens (including phenoxy) is 6. The van der Waals surface area contributed by atoms with E-state index in [1.54, 1.807) is 88.8 Å². The predicted octanol–water partition coefficient (Wildman–Crippen LogP) is 7.05. The Morgan fingerprint density at radius 1 is 1.06 bits per heavy atom. The molecular weight excluding hydrogens is 887 g/mol. The molecule has 0 aliphatic carbocycles. The fourth-order valence-electron chi connectivity index (χ4n) is 11.1. The number of furan rings is 1. The van der Waals surface area contributed by atoms with Gasteiger partial charge in [0.2, 0.25) is 0 Å². The molecule has 3 saturated heterocycles. The Hall–Kier alpha value is -4.94. The van der Waals surface area contributed by atoms with E-state index < -0.39 is 95.2 Å². The molecule has 17 heteroatoms. The van der Waals surface area contributed by atoms with E-state index in [2.05, 4.69) is 16.5 Å². The van der Waals surface area contributed by atoms with Crippen LogP contribution in [-0.2, 0) is 55.8 Å². The Balaban J connectivity index is 1.37. The first-order chi connectivity index (χ1) is 32.7. The molecular formula is C52H75N5O12. The number of methoxy groups -OCH3 is 1. The van der Waals surface area contributed by atoms with Gasteiger partial charge in [-0.1, -0.05) is 39.8 Å². The zero-order valence-corrected chi connectivity index (χ0v) is 42.4. The molecule has 3 fully saturated rings. The van der Waals surface area contributed by atoms with Crippen LogP contribution in [0.4, 0.5) is 4.79 Å². The van der Waals surface area contributed by atoms with Gasteiger partial charge in [0.1, 0.15) is 29.8 Å². The summed E-state index contributed by atoms with van der Waals surface area (Å²) in [6, 6.07) is 5.90. The van der Waals surface area contributed by atoms with Gasteiger partial charge in [-0.05, 0) is 97.5 Å². The van der Waals surface area contributed by atoms with E-state index in [0.717, 1.165) is 0 Å². The first-order valence-electron chi connectivity index (χ1n) is 24.5. The van der Waals surface area contributed by atoms with E-state index in [0.29, 0.717) is 49.4 Å². The number of carbonyl (C=O) groups is 4. The summed E-state index contributed by atoms with van der Waals surface area (Å²) in [4.78, 5) is 70.3. The van der Waals surface area contributed by atoms with Crippen molar-refractivity contribution in [3.8, 4) is 11.5 Å². The number of Topliss-reactive ketones (excluding diaryl/α,β-unsaturated/α-hetero) is 1. The molecule has 1 amide bonds. The Morgan fingerprint density at radius 3 is 2.45 bits per heavy atom. The topological polar surface area (TPSA) is 194 Å². The van der Waals surface area contributed by atoms with E-state index in [1.807, 2.05) is 56.5 Å². The molecule has 3 aliphatic heterocycles. The Morgan fingerprint density at radius 2 is 1.80 bits per heavy atom. The molecule has 1 N–H and O–H groups in total. The average molecular weight is 962 g/mol. The van der Waals surface area contributed by atoms with Gasteiger partial charge in [-0.3, -0.25) is 24.3 Å². The number of hydrogen-bond acceptors (Lipinski definition) is 15. The summed E-state index contributed by atoms with van der Waals surface area (Å²) in [5.41, 5.74) is -1.47. The zero-order valence-electron chi connectivity index (χ0n) is 42.4. The van der Waals surface area contributed by atoms with E-state index in [9.17, 15) is 19.5 Å². The van der Waals surface area contributed by atoms with Gasteiger partial charge in [-0.25, -0.2) is 9.78 Å². The molecule has 0 spiro atoms. The normalized spacial score (nSPS) is 34.7. The number of nitrogens with zero attached hydrogens (tertiary/aromatic N) is 5. The third kappa shape index (κ3) is 11.6. The molecule has 6 heterocycles. The van der Waals surface area contributed by atoms with E-state index in [4.69, 9.17) is 32.8 Å². The Kier molecular flexibility index (Phi) is 17.4. The van der Waals surface area contributed by atoms with Gasteiger partial charge in [-0.2, -0.15) is 0 Å². The minimum atomic E-state index is -1.65. The molecule has 0 aromatic carbocycles. The summed E-state index contributed by atoms with van der Waals surface area (Å²) in [7, 11) is 3.42. The summed E-state index contributed by atoms with van der Waals surface area (Å²) in [5.74, 6) is -5.93. The van der Waals surface area contributed by atoms with Crippen molar-refractivity contribution in [2.24, 2.45) is 23.7 Å². The number of hydrogen-bond donors (Lipinski definition) is 1. The number of rotatable bonds is 16. The van der Waals surface area contributed by atoms with Crippen LogP contribution in [0.3, 0.4) is 0 Å². The fourth-order valence-corrected chi connectivity index (χ4v) is 11.1. The lowest BCUT2D eigenvalue weighted by atomic mass is 9.73. The van der Waals surface area contributed by atoms with Crippen molar-refractivity contribution in [1.29, 1.82) is 0 Å². The molecule has 3 aromatic rings. The number of ketones is 1. The molecule has 3 aliphatic rings. The van der Waals surface area contributed by atoms with Gasteiger partial charge in [0.25, 0.3) is 0 Å². The first-order valence-corrected chi connectivity index (χ1v) is 24.5. The molecule has 6 rings (SSSR count). The number of fused-ring (bicyclic) bond motifs is 1. The van der Waals surface area contributed by atoms with E-state index in [-0.39, 0.29) is 37.7 Å². The SMILES string of the molecule is C=CCN(C)[C@H]1C[C@@H](C)O[C@@](C)(O[C@@H]2[C@@H](C)C(OC(=O)Cc3cccnc3)[C@@H](C)C(=O)O[C@H](CC)[C@@]3(C)OC(=O)N(CCCCn4cnc(-c5ccco5)c4)[C@@H]3[C@@H](C)C(=O)[C@H](C)C[C@@]2(C)OC)[C@@H]1O. The number of imidazole rings is 1.